The molecule has 2 nitrogen and oxygen atoms in total. The summed E-state index contributed by atoms with van der Waals surface area (Å²) in [6.07, 6.45) is 0. The van der Waals surface area contributed by atoms with E-state index in [1.54, 1.807) is 0 Å². The summed E-state index contributed by atoms with van der Waals surface area (Å²) in [5.41, 5.74) is 0. The molecule has 0 rings (SSSR count). The maximum absolute atomic E-state index is 9.00. The minimum Gasteiger partial charge on any atom is -0.481 e. The van der Waals surface area contributed by atoms with Gasteiger partial charge in [-0.2, -0.15) is 0 Å². The van der Waals surface area contributed by atoms with Gasteiger partial charge in [0.05, 0.1) is 48.1 Å². The molecule has 0 atom stereocenters. The summed E-state index contributed by atoms with van der Waals surface area (Å²) in [5.74, 6) is -0.833. The largest absolute Gasteiger partial charge is 0.481 e. The molecule has 0 amide bonds. The van der Waals surface area contributed by atoms with Crippen LogP contribution in [0.1, 0.15) is 6.92 Å². The highest BCUT2D eigenvalue weighted by molar-refractivity contribution is 6.42. The van der Waals surface area contributed by atoms with Crippen molar-refractivity contribution in [2.45, 2.75) is 6.92 Å². The van der Waals surface area contributed by atoms with Crippen LogP contribution in [-0.2, 0) is 4.79 Å². The Bertz CT molecular complexity index is 119. The van der Waals surface area contributed by atoms with E-state index in [4.69, 9.17) is 219 Å². The monoisotopic (exact) mass is 816 g/mol. The van der Waals surface area contributed by atoms with Crippen LogP contribution in [0.25, 0.3) is 0 Å². The summed E-state index contributed by atoms with van der Waals surface area (Å²) >= 11 is 85.7. The lowest BCUT2D eigenvalue weighted by molar-refractivity contribution is -0.134. The van der Waals surface area contributed by atoms with Gasteiger partial charge in [-0.1, -0.05) is 0 Å². The Morgan fingerprint density at radius 2 is 0.387 bits per heavy atom. The van der Waals surface area contributed by atoms with Gasteiger partial charge in [0, 0.05) is 6.92 Å². The number of hydrogen-bond donors (Lipinski definition) is 1. The molecule has 0 fully saturated rings. The molecule has 0 bridgehead atoms. The third-order valence-electron chi connectivity index (χ3n) is 0. The molecule has 0 saturated carbocycles. The van der Waals surface area contributed by atoms with Gasteiger partial charge in [0.1, 0.15) is 0 Å². The smallest absolute Gasteiger partial charge is 0.300 e. The quantitative estimate of drug-likeness (QED) is 0.247. The van der Waals surface area contributed by atoms with Crippen molar-refractivity contribution in [3.05, 3.63) is 0 Å². The third kappa shape index (κ3) is 1690. The van der Waals surface area contributed by atoms with E-state index in [0.717, 1.165) is 6.92 Å². The fourth-order valence-corrected chi connectivity index (χ4v) is 0. The van der Waals surface area contributed by atoms with Crippen molar-refractivity contribution < 1.29 is 9.90 Å². The van der Waals surface area contributed by atoms with Gasteiger partial charge in [-0.3, -0.25) is 4.79 Å². The highest BCUT2D eigenvalue weighted by Gasteiger charge is 1.65. The summed E-state index contributed by atoms with van der Waals surface area (Å²) < 4.78 is 0. The Labute approximate surface area is 276 Å². The summed E-state index contributed by atoms with van der Waals surface area (Å²) in [4.78, 5) is 9.00. The minimum absolute atomic E-state index is 0.194. The first-order valence-corrected chi connectivity index (χ1v) is 15.4. The molecule has 1 N–H and O–H groups in total. The zero-order chi connectivity index (χ0) is 27.9. The van der Waals surface area contributed by atoms with Crippen LogP contribution in [0.3, 0.4) is 0 Å². The van der Waals surface area contributed by atoms with E-state index in [1.165, 1.54) is 0 Å². The second kappa shape index (κ2) is 141. The van der Waals surface area contributed by atoms with Crippen LogP contribution < -0.4 is 0 Å². The predicted molar refractivity (Wildman–Crippen MR) is 162 cm³/mol. The van der Waals surface area contributed by atoms with E-state index in [2.05, 4.69) is 0 Å². The number of carbonyl (C=O) groups is 1. The highest BCUT2D eigenvalue weighted by Crippen LogP contribution is 1.75. The SMILES string of the molecule is CC(=O)O.ClCCl.ClCCl.ClCCl.ClCCl.ClCCl.ClCCl.ClCCl.ClCCl.ClCCl. The molecular weight excluding hydrogens is 802 g/mol. The average molecular weight is 824 g/mol. The topological polar surface area (TPSA) is 37.3 Å². The van der Waals surface area contributed by atoms with Crippen molar-refractivity contribution in [2.24, 2.45) is 0 Å². The zero-order valence-electron chi connectivity index (χ0n) is 15.5. The fraction of sp³-hybridized carbons (Fsp3) is 0.909. The van der Waals surface area contributed by atoms with Crippen LogP contribution >= 0.6 is 209 Å². The van der Waals surface area contributed by atoms with Gasteiger partial charge in [-0.15, -0.1) is 209 Å². The van der Waals surface area contributed by atoms with E-state index in [-0.39, 0.29) is 48.1 Å². The standard InChI is InChI=1S/C2H4O2.9CH2Cl2/c1-2(3)4;9*2-1-3/h1H3,(H,3,4);9*1H2. The first-order valence-electron chi connectivity index (χ1n) is 5.74. The number of carboxylic acid groups (broad SMARTS) is 1. The van der Waals surface area contributed by atoms with Gasteiger partial charge in [-0.25, -0.2) is 0 Å². The Balaban J connectivity index is -0.0000000198. The molecule has 0 aliphatic rings. The van der Waals surface area contributed by atoms with E-state index in [0.29, 0.717) is 0 Å². The molecule has 0 aromatic heterocycles. The second-order valence-corrected chi connectivity index (χ2v) is 8.70. The molecule has 0 saturated heterocycles. The van der Waals surface area contributed by atoms with E-state index >= 15 is 0 Å². The second-order valence-electron chi connectivity index (χ2n) is 1.43. The van der Waals surface area contributed by atoms with Gasteiger partial charge < -0.3 is 5.11 Å². The van der Waals surface area contributed by atoms with Crippen LogP contribution in [0.15, 0.2) is 0 Å². The molecule has 0 spiro atoms. The van der Waals surface area contributed by atoms with Crippen LogP contribution in [0.2, 0.25) is 0 Å². The Morgan fingerprint density at radius 3 is 0.387 bits per heavy atom. The lowest BCUT2D eigenvalue weighted by atomic mass is 10.9. The predicted octanol–water partition coefficient (Wildman–Crippen LogP) is 12.9. The molecule has 0 aliphatic carbocycles. The average Bonchev–Trinajstić information content (AvgIpc) is 2.60. The first-order chi connectivity index (χ1) is 14.5. The van der Waals surface area contributed by atoms with Gasteiger partial charge in [-0.05, 0) is 0 Å². The number of halogens is 18. The van der Waals surface area contributed by atoms with Crippen LogP contribution in [0.5, 0.6) is 0 Å². The maximum atomic E-state index is 9.00. The van der Waals surface area contributed by atoms with Gasteiger partial charge in [0.25, 0.3) is 5.97 Å². The molecule has 31 heavy (non-hydrogen) atoms. The first kappa shape index (κ1) is 65.1. The molecule has 204 valence electrons. The van der Waals surface area contributed by atoms with Gasteiger partial charge >= 0.3 is 0 Å². The van der Waals surface area contributed by atoms with Crippen molar-refractivity contribution in [3.8, 4) is 0 Å². The lowest BCUT2D eigenvalue weighted by Crippen LogP contribution is -1.78. The maximum Gasteiger partial charge on any atom is 0.300 e. The van der Waals surface area contributed by atoms with E-state index in [1.807, 2.05) is 0 Å². The fourth-order valence-electron chi connectivity index (χ4n) is 0. The van der Waals surface area contributed by atoms with Crippen molar-refractivity contribution in [1.29, 1.82) is 0 Å². The zero-order valence-corrected chi connectivity index (χ0v) is 29.1. The number of carboxylic acids is 1. The van der Waals surface area contributed by atoms with Gasteiger partial charge in [0.2, 0.25) is 0 Å². The third-order valence-corrected chi connectivity index (χ3v) is 0. The number of hydrogen-bond acceptors (Lipinski definition) is 1. The van der Waals surface area contributed by atoms with Crippen molar-refractivity contribution in [3.63, 3.8) is 0 Å². The van der Waals surface area contributed by atoms with Crippen LogP contribution in [0.4, 0.5) is 0 Å². The summed E-state index contributed by atoms with van der Waals surface area (Å²) in [7, 11) is 0. The van der Waals surface area contributed by atoms with Crippen molar-refractivity contribution in [1.82, 2.24) is 0 Å². The number of rotatable bonds is 0. The molecule has 0 heterocycles. The van der Waals surface area contributed by atoms with E-state index < -0.39 is 5.97 Å². The number of aliphatic carboxylic acids is 1. The summed E-state index contributed by atoms with van der Waals surface area (Å²) in [5, 5.41) is 9.17. The molecule has 0 radical (unpaired) electrons. The lowest BCUT2D eigenvalue weighted by Gasteiger charge is -1.59. The van der Waals surface area contributed by atoms with Gasteiger partial charge in [0.15, 0.2) is 0 Å². The van der Waals surface area contributed by atoms with Crippen LogP contribution in [-0.4, -0.2) is 59.1 Å². The van der Waals surface area contributed by atoms with Crippen LogP contribution in [0, 0.1) is 0 Å². The summed E-state index contributed by atoms with van der Waals surface area (Å²) in [6, 6.07) is 0. The Hall–Kier alpha value is 4.69. The molecule has 0 aromatic rings. The number of alkyl halides is 18. The molecule has 20 heteroatoms. The van der Waals surface area contributed by atoms with E-state index in [9.17, 15) is 0 Å². The molecular formula is C11H22Cl18O2. The Morgan fingerprint density at radius 1 is 0.387 bits per heavy atom. The summed E-state index contributed by atoms with van der Waals surface area (Å²) in [6.45, 7) is 1.08. The van der Waals surface area contributed by atoms with Crippen molar-refractivity contribution in [2.75, 3.05) is 48.1 Å². The molecule has 0 aliphatic heterocycles. The normalized spacial score (nSPS) is 6.03. The molecule has 0 aromatic carbocycles. The molecule has 0 unspecified atom stereocenters. The minimum atomic E-state index is -0.833. The highest BCUT2D eigenvalue weighted by atomic mass is 35.6. The van der Waals surface area contributed by atoms with Crippen molar-refractivity contribution >= 4 is 215 Å². The Kier molecular flexibility index (Phi) is 297.